The molecule has 2 N–H and O–H groups in total. The van der Waals surface area contributed by atoms with Crippen LogP contribution in [0.15, 0.2) is 0 Å². The van der Waals surface area contributed by atoms with E-state index < -0.39 is 0 Å². The third kappa shape index (κ3) is 3.96. The number of hydrogen-bond acceptors (Lipinski definition) is 2. The highest BCUT2D eigenvalue weighted by Gasteiger charge is 2.31. The van der Waals surface area contributed by atoms with E-state index in [1.165, 1.54) is 45.2 Å². The molecule has 2 aliphatic carbocycles. The highest BCUT2D eigenvalue weighted by Crippen LogP contribution is 2.34. The van der Waals surface area contributed by atoms with Gasteiger partial charge in [0.1, 0.15) is 0 Å². The standard InChI is InChI=1S/C15H30N2/c1-11(2)13-6-7-15(16)14(8-13)10-17(3)9-12-4-5-12/h11-15H,4-10,16H2,1-3H3. The fourth-order valence-electron chi connectivity index (χ4n) is 3.36. The normalized spacial score (nSPS) is 34.6. The van der Waals surface area contributed by atoms with Crippen molar-refractivity contribution in [2.24, 2.45) is 29.4 Å². The van der Waals surface area contributed by atoms with Crippen LogP contribution in [0, 0.1) is 23.7 Å². The molecule has 0 spiro atoms. The smallest absolute Gasteiger partial charge is 0.00795 e. The summed E-state index contributed by atoms with van der Waals surface area (Å²) in [6.45, 7) is 7.26. The first-order valence-corrected chi connectivity index (χ1v) is 7.50. The minimum absolute atomic E-state index is 0.451. The molecule has 0 amide bonds. The zero-order valence-electron chi connectivity index (χ0n) is 11.9. The van der Waals surface area contributed by atoms with E-state index in [2.05, 4.69) is 25.8 Å². The predicted molar refractivity (Wildman–Crippen MR) is 73.9 cm³/mol. The van der Waals surface area contributed by atoms with E-state index in [0.29, 0.717) is 6.04 Å². The van der Waals surface area contributed by atoms with Crippen LogP contribution in [0.2, 0.25) is 0 Å². The summed E-state index contributed by atoms with van der Waals surface area (Å²) in [6.07, 6.45) is 6.85. The van der Waals surface area contributed by atoms with Crippen molar-refractivity contribution >= 4 is 0 Å². The predicted octanol–water partition coefficient (Wildman–Crippen LogP) is 2.73. The van der Waals surface area contributed by atoms with E-state index in [1.54, 1.807) is 0 Å². The summed E-state index contributed by atoms with van der Waals surface area (Å²) in [5.41, 5.74) is 6.31. The van der Waals surface area contributed by atoms with Gasteiger partial charge in [0, 0.05) is 19.1 Å². The van der Waals surface area contributed by atoms with Crippen LogP contribution in [0.5, 0.6) is 0 Å². The van der Waals surface area contributed by atoms with E-state index >= 15 is 0 Å². The first kappa shape index (κ1) is 13.4. The van der Waals surface area contributed by atoms with Crippen LogP contribution < -0.4 is 5.73 Å². The Morgan fingerprint density at radius 2 is 1.82 bits per heavy atom. The number of rotatable bonds is 5. The quantitative estimate of drug-likeness (QED) is 0.798. The van der Waals surface area contributed by atoms with Crippen molar-refractivity contribution in [3.8, 4) is 0 Å². The van der Waals surface area contributed by atoms with Gasteiger partial charge in [-0.25, -0.2) is 0 Å². The van der Waals surface area contributed by atoms with Crippen LogP contribution in [0.3, 0.4) is 0 Å². The van der Waals surface area contributed by atoms with Gasteiger partial charge in [-0.05, 0) is 62.8 Å². The lowest BCUT2D eigenvalue weighted by atomic mass is 9.74. The molecule has 0 aromatic heterocycles. The Balaban J connectivity index is 1.79. The molecule has 2 fully saturated rings. The summed E-state index contributed by atoms with van der Waals surface area (Å²) < 4.78 is 0. The van der Waals surface area contributed by atoms with Crippen LogP contribution in [-0.2, 0) is 0 Å². The molecule has 0 saturated heterocycles. The molecule has 2 rings (SSSR count). The Morgan fingerprint density at radius 3 is 2.41 bits per heavy atom. The van der Waals surface area contributed by atoms with Crippen molar-refractivity contribution < 1.29 is 0 Å². The maximum Gasteiger partial charge on any atom is 0.00795 e. The largest absolute Gasteiger partial charge is 0.327 e. The number of hydrogen-bond donors (Lipinski definition) is 1. The Bertz CT molecular complexity index is 235. The van der Waals surface area contributed by atoms with Crippen molar-refractivity contribution in [3.05, 3.63) is 0 Å². The summed E-state index contributed by atoms with van der Waals surface area (Å²) in [5, 5.41) is 0. The zero-order chi connectivity index (χ0) is 12.4. The highest BCUT2D eigenvalue weighted by molar-refractivity contribution is 4.86. The fraction of sp³-hybridized carbons (Fsp3) is 1.00. The van der Waals surface area contributed by atoms with Crippen molar-refractivity contribution in [1.29, 1.82) is 0 Å². The molecular formula is C15H30N2. The molecule has 3 unspecified atom stereocenters. The second kappa shape index (κ2) is 5.71. The molecule has 0 heterocycles. The SMILES string of the molecule is CC(C)C1CCC(N)C(CN(C)CC2CC2)C1. The maximum atomic E-state index is 6.31. The Labute approximate surface area is 107 Å². The van der Waals surface area contributed by atoms with E-state index in [1.807, 2.05) is 0 Å². The minimum Gasteiger partial charge on any atom is -0.327 e. The van der Waals surface area contributed by atoms with Crippen LogP contribution in [0.1, 0.15) is 46.0 Å². The van der Waals surface area contributed by atoms with Crippen molar-refractivity contribution in [1.82, 2.24) is 4.90 Å². The molecule has 3 atom stereocenters. The third-order valence-electron chi connectivity index (χ3n) is 4.84. The van der Waals surface area contributed by atoms with Crippen LogP contribution in [0.4, 0.5) is 0 Å². The van der Waals surface area contributed by atoms with Crippen molar-refractivity contribution in [3.63, 3.8) is 0 Å². The summed E-state index contributed by atoms with van der Waals surface area (Å²) in [6, 6.07) is 0.451. The Morgan fingerprint density at radius 1 is 1.12 bits per heavy atom. The lowest BCUT2D eigenvalue weighted by Gasteiger charge is -2.38. The molecule has 2 heteroatoms. The highest BCUT2D eigenvalue weighted by atomic mass is 15.1. The van der Waals surface area contributed by atoms with Crippen LogP contribution >= 0.6 is 0 Å². The molecule has 0 aliphatic heterocycles. The number of nitrogens with two attached hydrogens (primary N) is 1. The average Bonchev–Trinajstić information content (AvgIpc) is 3.04. The van der Waals surface area contributed by atoms with Crippen molar-refractivity contribution in [2.45, 2.75) is 52.0 Å². The molecule has 0 aromatic carbocycles. The van der Waals surface area contributed by atoms with Gasteiger partial charge in [0.15, 0.2) is 0 Å². The first-order valence-electron chi connectivity index (χ1n) is 7.50. The van der Waals surface area contributed by atoms with E-state index in [-0.39, 0.29) is 0 Å². The molecular weight excluding hydrogens is 208 g/mol. The molecule has 17 heavy (non-hydrogen) atoms. The van der Waals surface area contributed by atoms with Gasteiger partial charge in [0.25, 0.3) is 0 Å². The van der Waals surface area contributed by atoms with Crippen molar-refractivity contribution in [2.75, 3.05) is 20.1 Å². The van der Waals surface area contributed by atoms with E-state index in [9.17, 15) is 0 Å². The van der Waals surface area contributed by atoms with Gasteiger partial charge >= 0.3 is 0 Å². The van der Waals surface area contributed by atoms with Gasteiger partial charge < -0.3 is 10.6 Å². The Hall–Kier alpha value is -0.0800. The second-order valence-corrected chi connectivity index (χ2v) is 6.91. The monoisotopic (exact) mass is 238 g/mol. The summed E-state index contributed by atoms with van der Waals surface area (Å²) in [4.78, 5) is 2.53. The van der Waals surface area contributed by atoms with Gasteiger partial charge in [0.05, 0.1) is 0 Å². The topological polar surface area (TPSA) is 29.3 Å². The lowest BCUT2D eigenvalue weighted by Crippen LogP contribution is -2.43. The summed E-state index contributed by atoms with van der Waals surface area (Å²) >= 11 is 0. The first-order chi connectivity index (χ1) is 8.06. The Kier molecular flexibility index (Phi) is 4.48. The van der Waals surface area contributed by atoms with E-state index in [0.717, 1.165) is 23.7 Å². The van der Waals surface area contributed by atoms with Gasteiger partial charge in [-0.3, -0.25) is 0 Å². The van der Waals surface area contributed by atoms with Gasteiger partial charge in [-0.2, -0.15) is 0 Å². The molecule has 100 valence electrons. The van der Waals surface area contributed by atoms with Gasteiger partial charge in [-0.15, -0.1) is 0 Å². The van der Waals surface area contributed by atoms with Crippen LogP contribution in [0.25, 0.3) is 0 Å². The zero-order valence-corrected chi connectivity index (χ0v) is 11.9. The van der Waals surface area contributed by atoms with E-state index in [4.69, 9.17) is 5.73 Å². The second-order valence-electron chi connectivity index (χ2n) is 6.91. The lowest BCUT2D eigenvalue weighted by molar-refractivity contribution is 0.147. The van der Waals surface area contributed by atoms with Gasteiger partial charge in [-0.1, -0.05) is 13.8 Å². The molecule has 2 nitrogen and oxygen atoms in total. The minimum atomic E-state index is 0.451. The molecule has 0 bridgehead atoms. The van der Waals surface area contributed by atoms with Gasteiger partial charge in [0.2, 0.25) is 0 Å². The molecule has 0 aromatic rings. The fourth-order valence-corrected chi connectivity index (χ4v) is 3.36. The molecule has 0 radical (unpaired) electrons. The molecule has 2 saturated carbocycles. The number of nitrogens with zero attached hydrogens (tertiary/aromatic N) is 1. The summed E-state index contributed by atoms with van der Waals surface area (Å²) in [7, 11) is 2.28. The summed E-state index contributed by atoms with van der Waals surface area (Å²) in [5.74, 6) is 3.48. The third-order valence-corrected chi connectivity index (χ3v) is 4.84. The average molecular weight is 238 g/mol. The molecule has 2 aliphatic rings. The maximum absolute atomic E-state index is 6.31. The van der Waals surface area contributed by atoms with Crippen LogP contribution in [-0.4, -0.2) is 31.1 Å².